The van der Waals surface area contributed by atoms with Crippen molar-refractivity contribution in [1.29, 1.82) is 0 Å². The lowest BCUT2D eigenvalue weighted by molar-refractivity contribution is 0.630. The summed E-state index contributed by atoms with van der Waals surface area (Å²) in [4.78, 5) is 0. The Morgan fingerprint density at radius 3 is 2.50 bits per heavy atom. The number of benzene rings is 2. The van der Waals surface area contributed by atoms with Crippen molar-refractivity contribution in [2.45, 2.75) is 26.3 Å². The van der Waals surface area contributed by atoms with Crippen molar-refractivity contribution in [1.82, 2.24) is 5.32 Å². The monoisotopic (exact) mass is 399 g/mol. The topological polar surface area (TPSA) is 12.0 Å². The van der Waals surface area contributed by atoms with Gasteiger partial charge in [-0.05, 0) is 64.4 Å². The van der Waals surface area contributed by atoms with E-state index in [1.54, 1.807) is 0 Å². The lowest BCUT2D eigenvalue weighted by atomic mass is 9.96. The molecule has 0 fully saturated rings. The zero-order chi connectivity index (χ0) is 14.5. The van der Waals surface area contributed by atoms with E-state index < -0.39 is 0 Å². The first kappa shape index (κ1) is 15.8. The minimum atomic E-state index is 0.195. The van der Waals surface area contributed by atoms with E-state index in [4.69, 9.17) is 11.6 Å². The third-order valence-electron chi connectivity index (χ3n) is 3.38. The van der Waals surface area contributed by atoms with Crippen LogP contribution in [-0.2, 0) is 6.42 Å². The quantitative estimate of drug-likeness (QED) is 0.681. The SMILES string of the molecule is CCNC(c1cccc(CC)c1)c1ccc(I)c(Cl)c1. The Kier molecular flexibility index (Phi) is 5.87. The lowest BCUT2D eigenvalue weighted by Gasteiger charge is -2.20. The van der Waals surface area contributed by atoms with Gasteiger partial charge in [-0.15, -0.1) is 0 Å². The summed E-state index contributed by atoms with van der Waals surface area (Å²) in [7, 11) is 0. The normalized spacial score (nSPS) is 12.4. The van der Waals surface area contributed by atoms with Crippen LogP contribution in [0.4, 0.5) is 0 Å². The molecule has 3 heteroatoms. The number of nitrogens with one attached hydrogen (secondary N) is 1. The number of hydrogen-bond donors (Lipinski definition) is 1. The van der Waals surface area contributed by atoms with Crippen LogP contribution < -0.4 is 5.32 Å². The molecule has 1 unspecified atom stereocenters. The van der Waals surface area contributed by atoms with E-state index in [1.165, 1.54) is 16.7 Å². The van der Waals surface area contributed by atoms with Crippen LogP contribution in [0.3, 0.4) is 0 Å². The van der Waals surface area contributed by atoms with Gasteiger partial charge in [0.1, 0.15) is 0 Å². The minimum Gasteiger partial charge on any atom is -0.307 e. The van der Waals surface area contributed by atoms with E-state index in [9.17, 15) is 0 Å². The molecule has 0 aromatic heterocycles. The van der Waals surface area contributed by atoms with Crippen molar-refractivity contribution >= 4 is 34.2 Å². The van der Waals surface area contributed by atoms with Gasteiger partial charge < -0.3 is 5.32 Å². The van der Waals surface area contributed by atoms with Crippen molar-refractivity contribution in [2.24, 2.45) is 0 Å². The van der Waals surface area contributed by atoms with Crippen LogP contribution in [0.25, 0.3) is 0 Å². The second-order valence-corrected chi connectivity index (χ2v) is 6.33. The molecule has 1 N–H and O–H groups in total. The van der Waals surface area contributed by atoms with Crippen molar-refractivity contribution in [2.75, 3.05) is 6.54 Å². The molecular weight excluding hydrogens is 381 g/mol. The van der Waals surface area contributed by atoms with Crippen LogP contribution in [-0.4, -0.2) is 6.54 Å². The van der Waals surface area contributed by atoms with Gasteiger partial charge in [-0.1, -0.05) is 55.8 Å². The van der Waals surface area contributed by atoms with Crippen LogP contribution in [0, 0.1) is 3.57 Å². The summed E-state index contributed by atoms with van der Waals surface area (Å²) in [5.74, 6) is 0. The van der Waals surface area contributed by atoms with E-state index in [0.29, 0.717) is 0 Å². The zero-order valence-electron chi connectivity index (χ0n) is 11.8. The molecule has 20 heavy (non-hydrogen) atoms. The molecule has 0 bridgehead atoms. The van der Waals surface area contributed by atoms with Crippen LogP contribution in [0.1, 0.15) is 36.6 Å². The second-order valence-electron chi connectivity index (χ2n) is 4.76. The molecule has 0 aliphatic carbocycles. The Balaban J connectivity index is 2.41. The fourth-order valence-electron chi connectivity index (χ4n) is 2.32. The molecule has 2 aromatic rings. The highest BCUT2D eigenvalue weighted by atomic mass is 127. The molecule has 0 heterocycles. The van der Waals surface area contributed by atoms with Gasteiger partial charge in [-0.25, -0.2) is 0 Å². The van der Waals surface area contributed by atoms with E-state index in [1.807, 2.05) is 0 Å². The summed E-state index contributed by atoms with van der Waals surface area (Å²) in [6.07, 6.45) is 1.06. The van der Waals surface area contributed by atoms with Gasteiger partial charge in [0.15, 0.2) is 0 Å². The van der Waals surface area contributed by atoms with Gasteiger partial charge in [0.2, 0.25) is 0 Å². The summed E-state index contributed by atoms with van der Waals surface area (Å²) >= 11 is 8.53. The maximum atomic E-state index is 6.27. The van der Waals surface area contributed by atoms with Crippen LogP contribution in [0.2, 0.25) is 5.02 Å². The molecule has 0 aliphatic rings. The highest BCUT2D eigenvalue weighted by Crippen LogP contribution is 2.27. The number of rotatable bonds is 5. The van der Waals surface area contributed by atoms with Crippen LogP contribution >= 0.6 is 34.2 Å². The van der Waals surface area contributed by atoms with E-state index in [0.717, 1.165) is 21.6 Å². The Labute approximate surface area is 139 Å². The second kappa shape index (κ2) is 7.43. The average molecular weight is 400 g/mol. The van der Waals surface area contributed by atoms with Gasteiger partial charge in [0.05, 0.1) is 11.1 Å². The lowest BCUT2D eigenvalue weighted by Crippen LogP contribution is -2.22. The Hall–Kier alpha value is -0.580. The molecule has 106 valence electrons. The Morgan fingerprint density at radius 2 is 1.85 bits per heavy atom. The van der Waals surface area contributed by atoms with E-state index in [-0.39, 0.29) is 6.04 Å². The minimum absolute atomic E-state index is 0.195. The molecule has 0 amide bonds. The third-order valence-corrected chi connectivity index (χ3v) is 4.95. The Bertz CT molecular complexity index is 583. The molecule has 2 rings (SSSR count). The molecule has 2 aromatic carbocycles. The van der Waals surface area contributed by atoms with Crippen molar-refractivity contribution in [3.63, 3.8) is 0 Å². The largest absolute Gasteiger partial charge is 0.307 e. The molecule has 1 atom stereocenters. The first-order chi connectivity index (χ1) is 9.65. The number of aryl methyl sites for hydroxylation is 1. The fraction of sp³-hybridized carbons (Fsp3) is 0.294. The van der Waals surface area contributed by atoms with Gasteiger partial charge in [0.25, 0.3) is 0 Å². The summed E-state index contributed by atoms with van der Waals surface area (Å²) in [5.41, 5.74) is 3.87. The van der Waals surface area contributed by atoms with Crippen LogP contribution in [0.5, 0.6) is 0 Å². The molecule has 0 spiro atoms. The average Bonchev–Trinajstić information content (AvgIpc) is 2.48. The number of halogens is 2. The standard InChI is InChI=1S/C17H19ClIN/c1-3-12-6-5-7-13(10-12)17(20-4-2)14-8-9-16(19)15(18)11-14/h5-11,17,20H,3-4H2,1-2H3. The van der Waals surface area contributed by atoms with Gasteiger partial charge >= 0.3 is 0 Å². The summed E-state index contributed by atoms with van der Waals surface area (Å²) < 4.78 is 1.09. The Morgan fingerprint density at radius 1 is 1.10 bits per heavy atom. The molecule has 0 aliphatic heterocycles. The summed E-state index contributed by atoms with van der Waals surface area (Å²) in [6, 6.07) is 15.2. The highest BCUT2D eigenvalue weighted by Gasteiger charge is 2.14. The third kappa shape index (κ3) is 3.74. The van der Waals surface area contributed by atoms with E-state index in [2.05, 4.69) is 84.2 Å². The number of hydrogen-bond acceptors (Lipinski definition) is 1. The van der Waals surface area contributed by atoms with Crippen molar-refractivity contribution < 1.29 is 0 Å². The molecule has 0 radical (unpaired) electrons. The fourth-order valence-corrected chi connectivity index (χ4v) is 2.84. The maximum absolute atomic E-state index is 6.27. The predicted molar refractivity (Wildman–Crippen MR) is 95.5 cm³/mol. The smallest absolute Gasteiger partial charge is 0.0577 e. The van der Waals surface area contributed by atoms with Gasteiger partial charge in [-0.2, -0.15) is 0 Å². The molecule has 0 saturated carbocycles. The van der Waals surface area contributed by atoms with Crippen molar-refractivity contribution in [3.8, 4) is 0 Å². The summed E-state index contributed by atoms with van der Waals surface area (Å²) in [5, 5.41) is 4.37. The maximum Gasteiger partial charge on any atom is 0.0577 e. The van der Waals surface area contributed by atoms with Gasteiger partial charge in [0, 0.05) is 3.57 Å². The first-order valence-corrected chi connectivity index (χ1v) is 8.38. The van der Waals surface area contributed by atoms with Crippen molar-refractivity contribution in [3.05, 3.63) is 67.7 Å². The zero-order valence-corrected chi connectivity index (χ0v) is 14.7. The molecular formula is C17H19ClIN. The van der Waals surface area contributed by atoms with Gasteiger partial charge in [-0.3, -0.25) is 0 Å². The molecule has 1 nitrogen and oxygen atoms in total. The molecule has 0 saturated heterocycles. The first-order valence-electron chi connectivity index (χ1n) is 6.92. The highest BCUT2D eigenvalue weighted by molar-refractivity contribution is 14.1. The predicted octanol–water partition coefficient (Wildman–Crippen LogP) is 5.21. The van der Waals surface area contributed by atoms with E-state index >= 15 is 0 Å². The van der Waals surface area contributed by atoms with Crippen LogP contribution in [0.15, 0.2) is 42.5 Å². The summed E-state index contributed by atoms with van der Waals surface area (Å²) in [6.45, 7) is 5.23.